The number of amides is 1. The zero-order chi connectivity index (χ0) is 14.0. The minimum Gasteiger partial charge on any atom is -0.376 e. The number of primary sulfonamides is 1. The number of rotatable bonds is 3. The average Bonchev–Trinajstić information content (AvgIpc) is 2.71. The molecule has 10 heteroatoms. The van der Waals surface area contributed by atoms with Gasteiger partial charge < -0.3 is 9.47 Å². The van der Waals surface area contributed by atoms with Crippen LogP contribution in [0.5, 0.6) is 0 Å². The van der Waals surface area contributed by atoms with Crippen molar-refractivity contribution in [3.05, 3.63) is 5.69 Å². The average molecular weight is 307 g/mol. The molecule has 2 heterocycles. The van der Waals surface area contributed by atoms with E-state index in [2.05, 4.69) is 10.3 Å². The number of thiazole rings is 1. The maximum Gasteiger partial charge on any atom is 0.257 e. The highest BCUT2D eigenvalue weighted by molar-refractivity contribution is 7.91. The summed E-state index contributed by atoms with van der Waals surface area (Å²) >= 11 is 0.806. The molecule has 1 unspecified atom stereocenters. The summed E-state index contributed by atoms with van der Waals surface area (Å²) < 4.78 is 32.7. The van der Waals surface area contributed by atoms with Gasteiger partial charge in [-0.25, -0.2) is 18.5 Å². The third-order valence-corrected chi connectivity index (χ3v) is 4.98. The van der Waals surface area contributed by atoms with Gasteiger partial charge in [-0.05, 0) is 6.92 Å². The first-order valence-corrected chi connectivity index (χ1v) is 7.74. The highest BCUT2D eigenvalue weighted by atomic mass is 32.2. The van der Waals surface area contributed by atoms with E-state index >= 15 is 0 Å². The summed E-state index contributed by atoms with van der Waals surface area (Å²) in [5, 5.41) is 7.69. The number of carbonyl (C=O) groups excluding carboxylic acids is 1. The first kappa shape index (κ1) is 14.3. The Hall–Kier alpha value is -1.07. The molecular weight excluding hydrogens is 294 g/mol. The predicted octanol–water partition coefficient (Wildman–Crippen LogP) is -0.547. The number of hydrogen-bond acceptors (Lipinski definition) is 7. The summed E-state index contributed by atoms with van der Waals surface area (Å²) in [6.07, 6.45) is -0.712. The number of aromatic nitrogens is 1. The van der Waals surface area contributed by atoms with Gasteiger partial charge in [-0.1, -0.05) is 11.3 Å². The summed E-state index contributed by atoms with van der Waals surface area (Å²) in [5.74, 6) is -0.422. The molecule has 1 amide bonds. The van der Waals surface area contributed by atoms with Crippen molar-refractivity contribution in [2.75, 3.05) is 25.1 Å². The quantitative estimate of drug-likeness (QED) is 0.773. The lowest BCUT2D eigenvalue weighted by Crippen LogP contribution is -2.39. The fourth-order valence-electron chi connectivity index (χ4n) is 1.52. The van der Waals surface area contributed by atoms with Gasteiger partial charge >= 0.3 is 0 Å². The second kappa shape index (κ2) is 5.51. The molecule has 0 aromatic carbocycles. The van der Waals surface area contributed by atoms with Crippen LogP contribution < -0.4 is 10.5 Å². The van der Waals surface area contributed by atoms with E-state index in [0.29, 0.717) is 13.2 Å². The van der Waals surface area contributed by atoms with Crippen molar-refractivity contribution in [2.45, 2.75) is 17.2 Å². The highest BCUT2D eigenvalue weighted by Gasteiger charge is 2.25. The summed E-state index contributed by atoms with van der Waals surface area (Å²) in [7, 11) is -3.82. The molecule has 106 valence electrons. The fourth-order valence-corrected chi connectivity index (χ4v) is 3.39. The zero-order valence-electron chi connectivity index (χ0n) is 10.1. The smallest absolute Gasteiger partial charge is 0.257 e. The number of anilines is 1. The molecular formula is C9H13N3O5S2. The second-order valence-electron chi connectivity index (χ2n) is 3.86. The van der Waals surface area contributed by atoms with Gasteiger partial charge in [0, 0.05) is 0 Å². The molecule has 0 aliphatic carbocycles. The maximum absolute atomic E-state index is 11.8. The van der Waals surface area contributed by atoms with Gasteiger partial charge in [0.25, 0.3) is 5.91 Å². The number of carbonyl (C=O) groups is 1. The Bertz CT molecular complexity index is 577. The molecule has 1 fully saturated rings. The molecule has 0 radical (unpaired) electrons. The Morgan fingerprint density at radius 1 is 1.53 bits per heavy atom. The van der Waals surface area contributed by atoms with Crippen LogP contribution in [0.25, 0.3) is 0 Å². The second-order valence-corrected chi connectivity index (χ2v) is 6.62. The zero-order valence-corrected chi connectivity index (χ0v) is 11.7. The Labute approximate surface area is 114 Å². The van der Waals surface area contributed by atoms with E-state index in [0.717, 1.165) is 11.3 Å². The van der Waals surface area contributed by atoms with E-state index in [4.69, 9.17) is 14.6 Å². The lowest BCUT2D eigenvalue weighted by molar-refractivity contribution is -0.142. The molecule has 1 atom stereocenters. The van der Waals surface area contributed by atoms with Crippen molar-refractivity contribution < 1.29 is 22.7 Å². The minimum absolute atomic E-state index is 0.0661. The molecule has 8 nitrogen and oxygen atoms in total. The van der Waals surface area contributed by atoms with E-state index in [1.807, 2.05) is 0 Å². The Kier molecular flexibility index (Phi) is 4.16. The number of ether oxygens (including phenoxy) is 2. The first-order chi connectivity index (χ1) is 8.88. The van der Waals surface area contributed by atoms with Crippen LogP contribution in [0.15, 0.2) is 4.21 Å². The molecule has 0 bridgehead atoms. The SMILES string of the molecule is Cc1nc(NC(=O)C2COCCO2)sc1S(N)(=O)=O. The lowest BCUT2D eigenvalue weighted by Gasteiger charge is -2.21. The number of sulfonamides is 1. The van der Waals surface area contributed by atoms with E-state index in [-0.39, 0.29) is 21.6 Å². The van der Waals surface area contributed by atoms with Crippen molar-refractivity contribution in [3.8, 4) is 0 Å². The number of aryl methyl sites for hydroxylation is 1. The van der Waals surface area contributed by atoms with Gasteiger partial charge in [0.1, 0.15) is 0 Å². The summed E-state index contributed by atoms with van der Waals surface area (Å²) in [6.45, 7) is 2.47. The molecule has 0 spiro atoms. The molecule has 1 aromatic heterocycles. The third-order valence-electron chi connectivity index (χ3n) is 2.35. The Balaban J connectivity index is 2.09. The number of nitrogens with one attached hydrogen (secondary N) is 1. The lowest BCUT2D eigenvalue weighted by atomic mass is 10.3. The van der Waals surface area contributed by atoms with Crippen LogP contribution in [0.4, 0.5) is 5.13 Å². The van der Waals surface area contributed by atoms with Crippen LogP contribution in [0.2, 0.25) is 0 Å². The van der Waals surface area contributed by atoms with Gasteiger partial charge in [0.05, 0.1) is 25.5 Å². The van der Waals surface area contributed by atoms with Crippen molar-refractivity contribution in [2.24, 2.45) is 5.14 Å². The highest BCUT2D eigenvalue weighted by Crippen LogP contribution is 2.26. The third kappa shape index (κ3) is 3.48. The van der Waals surface area contributed by atoms with Crippen molar-refractivity contribution in [1.29, 1.82) is 0 Å². The topological polar surface area (TPSA) is 121 Å². The predicted molar refractivity (Wildman–Crippen MR) is 67.4 cm³/mol. The van der Waals surface area contributed by atoms with E-state index in [1.54, 1.807) is 0 Å². The molecule has 2 rings (SSSR count). The fraction of sp³-hybridized carbons (Fsp3) is 0.556. The molecule has 1 aliphatic heterocycles. The van der Waals surface area contributed by atoms with E-state index in [1.165, 1.54) is 6.92 Å². The molecule has 1 saturated heterocycles. The number of nitrogens with zero attached hydrogens (tertiary/aromatic N) is 1. The molecule has 0 saturated carbocycles. The molecule has 1 aliphatic rings. The summed E-state index contributed by atoms with van der Waals surface area (Å²) in [5.41, 5.74) is 0.253. The summed E-state index contributed by atoms with van der Waals surface area (Å²) in [4.78, 5) is 15.8. The van der Waals surface area contributed by atoms with Crippen LogP contribution in [0.1, 0.15) is 5.69 Å². The standard InChI is InChI=1S/C9H13N3O5S2/c1-5-8(19(10,14)15)18-9(11-5)12-7(13)6-4-16-2-3-17-6/h6H,2-4H2,1H3,(H2,10,14,15)(H,11,12,13). The monoisotopic (exact) mass is 307 g/mol. The minimum atomic E-state index is -3.82. The first-order valence-electron chi connectivity index (χ1n) is 5.38. The van der Waals surface area contributed by atoms with Gasteiger partial charge in [0.15, 0.2) is 15.4 Å². The van der Waals surface area contributed by atoms with Crippen molar-refractivity contribution in [1.82, 2.24) is 4.98 Å². The normalized spacial score (nSPS) is 20.2. The number of nitrogens with two attached hydrogens (primary N) is 1. The van der Waals surface area contributed by atoms with Crippen LogP contribution >= 0.6 is 11.3 Å². The van der Waals surface area contributed by atoms with Gasteiger partial charge in [-0.2, -0.15) is 0 Å². The van der Waals surface area contributed by atoms with Gasteiger partial charge in [-0.3, -0.25) is 10.1 Å². The van der Waals surface area contributed by atoms with Crippen molar-refractivity contribution >= 4 is 32.4 Å². The molecule has 1 aromatic rings. The van der Waals surface area contributed by atoms with Gasteiger partial charge in [0.2, 0.25) is 10.0 Å². The number of hydrogen-bond donors (Lipinski definition) is 2. The van der Waals surface area contributed by atoms with Crippen LogP contribution in [-0.2, 0) is 24.3 Å². The van der Waals surface area contributed by atoms with Crippen LogP contribution in [0, 0.1) is 6.92 Å². The molecule has 3 N–H and O–H groups in total. The maximum atomic E-state index is 11.8. The van der Waals surface area contributed by atoms with Crippen molar-refractivity contribution in [3.63, 3.8) is 0 Å². The largest absolute Gasteiger partial charge is 0.376 e. The van der Waals surface area contributed by atoms with Crippen LogP contribution in [-0.4, -0.2) is 45.2 Å². The van der Waals surface area contributed by atoms with E-state index in [9.17, 15) is 13.2 Å². The van der Waals surface area contributed by atoms with Gasteiger partial charge in [-0.15, -0.1) is 0 Å². The summed E-state index contributed by atoms with van der Waals surface area (Å²) in [6, 6.07) is 0. The van der Waals surface area contributed by atoms with E-state index < -0.39 is 22.0 Å². The Morgan fingerprint density at radius 3 is 2.79 bits per heavy atom. The Morgan fingerprint density at radius 2 is 2.26 bits per heavy atom. The van der Waals surface area contributed by atoms with Crippen LogP contribution in [0.3, 0.4) is 0 Å². The molecule has 19 heavy (non-hydrogen) atoms.